The number of fused-ring (bicyclic) bond motifs is 1. The van der Waals surface area contributed by atoms with Crippen molar-refractivity contribution in [3.8, 4) is 5.75 Å². The Bertz CT molecular complexity index is 591. The van der Waals surface area contributed by atoms with Gasteiger partial charge in [0.05, 0.1) is 0 Å². The number of aromatic nitrogens is 2. The predicted molar refractivity (Wildman–Crippen MR) is 79.1 cm³/mol. The maximum absolute atomic E-state index is 5.94. The first kappa shape index (κ1) is 13.2. The summed E-state index contributed by atoms with van der Waals surface area (Å²) in [7, 11) is 1.98. The van der Waals surface area contributed by atoms with Crippen LogP contribution in [0.25, 0.3) is 0 Å². The molecule has 1 aliphatic heterocycles. The first-order valence-electron chi connectivity index (χ1n) is 7.16. The van der Waals surface area contributed by atoms with E-state index in [2.05, 4.69) is 41.6 Å². The molecule has 1 aromatic heterocycles. The summed E-state index contributed by atoms with van der Waals surface area (Å²) in [6.45, 7) is 3.97. The third kappa shape index (κ3) is 2.85. The molecule has 0 aliphatic carbocycles. The molecule has 2 aromatic rings. The van der Waals surface area contributed by atoms with Gasteiger partial charge >= 0.3 is 0 Å². The molecule has 1 unspecified atom stereocenters. The zero-order chi connectivity index (χ0) is 13.9. The fraction of sp³-hybridized carbons (Fsp3) is 0.438. The van der Waals surface area contributed by atoms with Crippen molar-refractivity contribution in [2.75, 3.05) is 13.1 Å². The van der Waals surface area contributed by atoms with E-state index >= 15 is 0 Å². The summed E-state index contributed by atoms with van der Waals surface area (Å²) in [5.41, 5.74) is 3.89. The molecule has 0 radical (unpaired) electrons. The minimum atomic E-state index is 0.262. The zero-order valence-corrected chi connectivity index (χ0v) is 12.1. The van der Waals surface area contributed by atoms with Crippen LogP contribution in [-0.4, -0.2) is 29.0 Å². The fourth-order valence-corrected chi connectivity index (χ4v) is 2.69. The molecule has 1 atom stereocenters. The van der Waals surface area contributed by atoms with E-state index in [9.17, 15) is 0 Å². The first-order chi connectivity index (χ1) is 9.72. The SMILES string of the molecule is Cc1ccc2c(c1)CC(CNCCc1ccnn1C)O2. The van der Waals surface area contributed by atoms with Crippen molar-refractivity contribution in [3.63, 3.8) is 0 Å². The van der Waals surface area contributed by atoms with Gasteiger partial charge in [-0.1, -0.05) is 17.7 Å². The van der Waals surface area contributed by atoms with E-state index in [1.54, 1.807) is 0 Å². The molecule has 106 valence electrons. The van der Waals surface area contributed by atoms with Gasteiger partial charge in [-0.2, -0.15) is 5.10 Å². The van der Waals surface area contributed by atoms with Crippen LogP contribution >= 0.6 is 0 Å². The van der Waals surface area contributed by atoms with Gasteiger partial charge in [-0.15, -0.1) is 0 Å². The van der Waals surface area contributed by atoms with Crippen molar-refractivity contribution in [2.24, 2.45) is 7.05 Å². The summed E-state index contributed by atoms with van der Waals surface area (Å²) in [5, 5.41) is 7.65. The van der Waals surface area contributed by atoms with Crippen LogP contribution < -0.4 is 10.1 Å². The Morgan fingerprint density at radius 1 is 1.40 bits per heavy atom. The van der Waals surface area contributed by atoms with Crippen LogP contribution in [0.3, 0.4) is 0 Å². The molecule has 2 heterocycles. The average Bonchev–Trinajstić information content (AvgIpc) is 3.00. The van der Waals surface area contributed by atoms with Gasteiger partial charge in [0, 0.05) is 44.9 Å². The van der Waals surface area contributed by atoms with Crippen LogP contribution in [0.5, 0.6) is 5.75 Å². The Hall–Kier alpha value is -1.81. The molecule has 0 bridgehead atoms. The highest BCUT2D eigenvalue weighted by Gasteiger charge is 2.22. The van der Waals surface area contributed by atoms with E-state index in [0.717, 1.165) is 31.7 Å². The Morgan fingerprint density at radius 2 is 2.30 bits per heavy atom. The molecule has 20 heavy (non-hydrogen) atoms. The van der Waals surface area contributed by atoms with Crippen LogP contribution in [0.1, 0.15) is 16.8 Å². The number of nitrogens with one attached hydrogen (secondary N) is 1. The smallest absolute Gasteiger partial charge is 0.123 e. The molecule has 1 aliphatic rings. The Balaban J connectivity index is 1.44. The number of rotatable bonds is 5. The van der Waals surface area contributed by atoms with Crippen molar-refractivity contribution in [1.82, 2.24) is 15.1 Å². The average molecular weight is 271 g/mol. The normalized spacial score (nSPS) is 17.0. The van der Waals surface area contributed by atoms with Crippen molar-refractivity contribution in [3.05, 3.63) is 47.3 Å². The number of hydrogen-bond acceptors (Lipinski definition) is 3. The van der Waals surface area contributed by atoms with E-state index in [4.69, 9.17) is 4.74 Å². The second-order valence-electron chi connectivity index (χ2n) is 5.46. The Morgan fingerprint density at radius 3 is 3.10 bits per heavy atom. The van der Waals surface area contributed by atoms with Gasteiger partial charge in [0.15, 0.2) is 0 Å². The largest absolute Gasteiger partial charge is 0.488 e. The van der Waals surface area contributed by atoms with Crippen molar-refractivity contribution in [1.29, 1.82) is 0 Å². The van der Waals surface area contributed by atoms with Gasteiger partial charge in [0.1, 0.15) is 11.9 Å². The van der Waals surface area contributed by atoms with Gasteiger partial charge in [-0.05, 0) is 24.6 Å². The van der Waals surface area contributed by atoms with Crippen LogP contribution in [0.4, 0.5) is 0 Å². The number of benzene rings is 1. The van der Waals surface area contributed by atoms with Gasteiger partial charge in [-0.3, -0.25) is 4.68 Å². The second-order valence-corrected chi connectivity index (χ2v) is 5.46. The Kier molecular flexibility index (Phi) is 3.74. The molecular weight excluding hydrogens is 250 g/mol. The molecule has 4 heteroatoms. The zero-order valence-electron chi connectivity index (χ0n) is 12.1. The van der Waals surface area contributed by atoms with Crippen LogP contribution in [0.15, 0.2) is 30.5 Å². The topological polar surface area (TPSA) is 39.1 Å². The summed E-state index contributed by atoms with van der Waals surface area (Å²) in [6.07, 6.45) is 4.11. The van der Waals surface area contributed by atoms with E-state index < -0.39 is 0 Å². The number of nitrogens with zero attached hydrogens (tertiary/aromatic N) is 2. The monoisotopic (exact) mass is 271 g/mol. The molecule has 0 spiro atoms. The number of aryl methyl sites for hydroxylation is 2. The fourth-order valence-electron chi connectivity index (χ4n) is 2.69. The highest BCUT2D eigenvalue weighted by Crippen LogP contribution is 2.29. The van der Waals surface area contributed by atoms with Gasteiger partial charge in [0.25, 0.3) is 0 Å². The highest BCUT2D eigenvalue weighted by atomic mass is 16.5. The van der Waals surface area contributed by atoms with Crippen LogP contribution in [0.2, 0.25) is 0 Å². The summed E-state index contributed by atoms with van der Waals surface area (Å²) in [6, 6.07) is 8.48. The first-order valence-corrected chi connectivity index (χ1v) is 7.16. The molecule has 0 saturated heterocycles. The van der Waals surface area contributed by atoms with Crippen molar-refractivity contribution >= 4 is 0 Å². The van der Waals surface area contributed by atoms with Gasteiger partial charge in [-0.25, -0.2) is 0 Å². The molecule has 0 fully saturated rings. The van der Waals surface area contributed by atoms with Crippen molar-refractivity contribution in [2.45, 2.75) is 25.9 Å². The quantitative estimate of drug-likeness (QED) is 0.844. The number of ether oxygens (including phenoxy) is 1. The standard InChI is InChI=1S/C16H21N3O/c1-12-3-4-16-13(9-12)10-15(20-16)11-17-7-5-14-6-8-18-19(14)2/h3-4,6,8-9,15,17H,5,7,10-11H2,1-2H3. The summed E-state index contributed by atoms with van der Waals surface area (Å²) in [4.78, 5) is 0. The molecule has 4 nitrogen and oxygen atoms in total. The lowest BCUT2D eigenvalue weighted by molar-refractivity contribution is 0.228. The minimum absolute atomic E-state index is 0.262. The minimum Gasteiger partial charge on any atom is -0.488 e. The molecule has 1 aromatic carbocycles. The van der Waals surface area contributed by atoms with Crippen LogP contribution in [-0.2, 0) is 19.9 Å². The van der Waals surface area contributed by atoms with Gasteiger partial charge < -0.3 is 10.1 Å². The maximum Gasteiger partial charge on any atom is 0.123 e. The second kappa shape index (κ2) is 5.67. The van der Waals surface area contributed by atoms with Gasteiger partial charge in [0.2, 0.25) is 0 Å². The molecule has 1 N–H and O–H groups in total. The predicted octanol–water partition coefficient (Wildman–Crippen LogP) is 1.86. The Labute approximate surface area is 119 Å². The third-order valence-electron chi connectivity index (χ3n) is 3.81. The van der Waals surface area contributed by atoms with E-state index in [-0.39, 0.29) is 6.10 Å². The molecular formula is C16H21N3O. The summed E-state index contributed by atoms with van der Waals surface area (Å²) >= 11 is 0. The van der Waals surface area contributed by atoms with Crippen LogP contribution in [0, 0.1) is 6.92 Å². The van der Waals surface area contributed by atoms with E-state index in [1.807, 2.05) is 17.9 Å². The summed E-state index contributed by atoms with van der Waals surface area (Å²) < 4.78 is 7.87. The molecule has 3 rings (SSSR count). The van der Waals surface area contributed by atoms with E-state index in [1.165, 1.54) is 16.8 Å². The maximum atomic E-state index is 5.94. The molecule has 0 amide bonds. The van der Waals surface area contributed by atoms with E-state index in [0.29, 0.717) is 0 Å². The summed E-state index contributed by atoms with van der Waals surface area (Å²) in [5.74, 6) is 1.05. The highest BCUT2D eigenvalue weighted by molar-refractivity contribution is 5.40. The lowest BCUT2D eigenvalue weighted by Gasteiger charge is -2.11. The lowest BCUT2D eigenvalue weighted by Crippen LogP contribution is -2.31. The third-order valence-corrected chi connectivity index (χ3v) is 3.81. The number of hydrogen-bond donors (Lipinski definition) is 1. The molecule has 0 saturated carbocycles. The lowest BCUT2D eigenvalue weighted by atomic mass is 10.1. The van der Waals surface area contributed by atoms with Crippen molar-refractivity contribution < 1.29 is 4.74 Å².